The molecule has 4 aliphatic rings. The van der Waals surface area contributed by atoms with Crippen molar-refractivity contribution in [3.8, 4) is 0 Å². The summed E-state index contributed by atoms with van der Waals surface area (Å²) in [5, 5.41) is 14.7. The zero-order valence-corrected chi connectivity index (χ0v) is 23.3. The van der Waals surface area contributed by atoms with E-state index in [9.17, 15) is 19.1 Å². The third-order valence-corrected chi connectivity index (χ3v) is 8.62. The SMILES string of the molecule is CCOC(=O)C1=C(CN2CC(F)(F)C3C2CCN3CC(=O)O)NC(c2nccs2)=NC1C1=CC(C)CC(F)=C1C. The molecule has 1 aliphatic carbocycles. The second-order valence-electron chi connectivity index (χ2n) is 10.6. The van der Waals surface area contributed by atoms with Crippen LogP contribution >= 0.6 is 11.3 Å². The highest BCUT2D eigenvalue weighted by atomic mass is 32.1. The molecule has 13 heteroatoms. The Labute approximate surface area is 234 Å². The number of halogens is 3. The van der Waals surface area contributed by atoms with Crippen molar-refractivity contribution in [1.82, 2.24) is 20.1 Å². The lowest BCUT2D eigenvalue weighted by Crippen LogP contribution is -2.47. The number of aliphatic imine (C=N–C) groups is 1. The van der Waals surface area contributed by atoms with E-state index in [0.717, 1.165) is 0 Å². The number of aliphatic carboxylic acids is 1. The molecule has 216 valence electrons. The molecule has 0 amide bonds. The number of nitrogens with one attached hydrogen (secondary N) is 1. The number of nitrogens with zero attached hydrogens (tertiary/aromatic N) is 4. The normalized spacial score (nSPS) is 28.8. The Kier molecular flexibility index (Phi) is 7.90. The van der Waals surface area contributed by atoms with Crippen molar-refractivity contribution in [2.75, 3.05) is 32.8 Å². The van der Waals surface area contributed by atoms with E-state index in [4.69, 9.17) is 9.73 Å². The van der Waals surface area contributed by atoms with Crippen LogP contribution in [0.5, 0.6) is 0 Å². The van der Waals surface area contributed by atoms with Crippen LogP contribution in [0.2, 0.25) is 0 Å². The second kappa shape index (κ2) is 11.1. The van der Waals surface area contributed by atoms with Crippen molar-refractivity contribution in [2.45, 2.75) is 57.7 Å². The number of aromatic nitrogens is 1. The fourth-order valence-corrected chi connectivity index (χ4v) is 6.79. The van der Waals surface area contributed by atoms with Crippen molar-refractivity contribution in [2.24, 2.45) is 10.9 Å². The molecule has 0 spiro atoms. The zero-order chi connectivity index (χ0) is 28.8. The van der Waals surface area contributed by atoms with Gasteiger partial charge >= 0.3 is 11.9 Å². The Hall–Kier alpha value is -3.03. The first-order valence-electron chi connectivity index (χ1n) is 13.3. The van der Waals surface area contributed by atoms with Gasteiger partial charge < -0.3 is 15.2 Å². The Morgan fingerprint density at radius 2 is 2.10 bits per heavy atom. The summed E-state index contributed by atoms with van der Waals surface area (Å²) in [6.07, 6.45) is 4.11. The number of hydrogen-bond acceptors (Lipinski definition) is 9. The number of ether oxygens (including phenoxy) is 1. The average Bonchev–Trinajstić information content (AvgIpc) is 3.60. The number of esters is 1. The molecule has 4 heterocycles. The van der Waals surface area contributed by atoms with E-state index in [1.807, 2.05) is 13.0 Å². The van der Waals surface area contributed by atoms with E-state index in [2.05, 4.69) is 10.3 Å². The molecule has 4 atom stereocenters. The molecule has 3 aliphatic heterocycles. The van der Waals surface area contributed by atoms with Crippen molar-refractivity contribution < 1.29 is 32.6 Å². The summed E-state index contributed by atoms with van der Waals surface area (Å²) in [7, 11) is 0. The monoisotopic (exact) mass is 579 g/mol. The molecule has 1 aromatic rings. The van der Waals surface area contributed by atoms with Gasteiger partial charge in [-0.3, -0.25) is 19.6 Å². The van der Waals surface area contributed by atoms with E-state index in [1.54, 1.807) is 30.3 Å². The summed E-state index contributed by atoms with van der Waals surface area (Å²) < 4.78 is 50.9. The minimum Gasteiger partial charge on any atom is -0.480 e. The maximum atomic E-state index is 15.3. The van der Waals surface area contributed by atoms with Gasteiger partial charge in [-0.1, -0.05) is 13.0 Å². The smallest absolute Gasteiger partial charge is 0.338 e. The number of carbonyl (C=O) groups excluding carboxylic acids is 1. The van der Waals surface area contributed by atoms with Gasteiger partial charge in [-0.15, -0.1) is 11.3 Å². The van der Waals surface area contributed by atoms with E-state index < -0.39 is 49.1 Å². The maximum Gasteiger partial charge on any atom is 0.338 e. The van der Waals surface area contributed by atoms with Gasteiger partial charge in [0.2, 0.25) is 0 Å². The number of carbonyl (C=O) groups is 2. The van der Waals surface area contributed by atoms with Crippen LogP contribution in [0.1, 0.15) is 38.6 Å². The Balaban J connectivity index is 1.57. The summed E-state index contributed by atoms with van der Waals surface area (Å²) in [5.74, 6) is -5.02. The number of thiazole rings is 1. The van der Waals surface area contributed by atoms with E-state index >= 15 is 8.78 Å². The lowest BCUT2D eigenvalue weighted by molar-refractivity contribution is -0.140. The molecule has 2 saturated heterocycles. The quantitative estimate of drug-likeness (QED) is 0.452. The van der Waals surface area contributed by atoms with Crippen molar-refractivity contribution in [1.29, 1.82) is 0 Å². The number of likely N-dealkylation sites (tertiary alicyclic amines) is 2. The van der Waals surface area contributed by atoms with Gasteiger partial charge in [-0.25, -0.2) is 22.9 Å². The number of allylic oxidation sites excluding steroid dienone is 2. The molecule has 0 bridgehead atoms. The number of amidine groups is 1. The average molecular weight is 580 g/mol. The summed E-state index contributed by atoms with van der Waals surface area (Å²) in [4.78, 5) is 36.8. The van der Waals surface area contributed by atoms with Gasteiger partial charge in [0.25, 0.3) is 5.92 Å². The van der Waals surface area contributed by atoms with Gasteiger partial charge in [0.1, 0.15) is 11.9 Å². The summed E-state index contributed by atoms with van der Waals surface area (Å²) in [5.41, 5.74) is 1.40. The lowest BCUT2D eigenvalue weighted by Gasteiger charge is -2.33. The van der Waals surface area contributed by atoms with Crippen LogP contribution < -0.4 is 5.32 Å². The first kappa shape index (κ1) is 28.5. The highest BCUT2D eigenvalue weighted by Gasteiger charge is 2.59. The van der Waals surface area contributed by atoms with Crippen LogP contribution in [0.15, 0.2) is 50.9 Å². The molecule has 0 aromatic carbocycles. The third-order valence-electron chi connectivity index (χ3n) is 7.84. The maximum absolute atomic E-state index is 15.3. The molecule has 5 rings (SSSR count). The lowest BCUT2D eigenvalue weighted by atomic mass is 9.83. The molecular formula is C27H32F3N5O4S. The van der Waals surface area contributed by atoms with E-state index in [-0.39, 0.29) is 43.4 Å². The molecule has 0 radical (unpaired) electrons. The molecular weight excluding hydrogens is 547 g/mol. The highest BCUT2D eigenvalue weighted by Crippen LogP contribution is 2.42. The number of rotatable bonds is 8. The summed E-state index contributed by atoms with van der Waals surface area (Å²) in [6, 6.07) is -2.78. The second-order valence-corrected chi connectivity index (χ2v) is 11.5. The van der Waals surface area contributed by atoms with Crippen LogP contribution in [0.4, 0.5) is 13.2 Å². The standard InChI is InChI=1S/C27H32F3N5O4S/c1-4-39-26(38)21-18(11-35-13-27(29,30)23-19(35)5-7-34(23)12-20(36)37)32-24(25-31-6-8-40-25)33-22(21)16-9-14(2)10-17(28)15(16)3/h6,8-9,14,19,22-23H,4-5,7,10-13H2,1-3H3,(H,32,33)(H,36,37). The largest absolute Gasteiger partial charge is 0.480 e. The first-order valence-corrected chi connectivity index (χ1v) is 14.2. The highest BCUT2D eigenvalue weighted by molar-refractivity contribution is 7.11. The first-order chi connectivity index (χ1) is 19.0. The topological polar surface area (TPSA) is 107 Å². The van der Waals surface area contributed by atoms with Gasteiger partial charge in [0.15, 0.2) is 10.8 Å². The van der Waals surface area contributed by atoms with Crippen molar-refractivity contribution in [3.05, 3.63) is 50.9 Å². The fraction of sp³-hybridized carbons (Fsp3) is 0.556. The molecule has 40 heavy (non-hydrogen) atoms. The predicted molar refractivity (Wildman–Crippen MR) is 143 cm³/mol. The number of alkyl halides is 2. The van der Waals surface area contributed by atoms with Gasteiger partial charge in [0.05, 0.1) is 31.3 Å². The molecule has 2 N–H and O–H groups in total. The molecule has 2 fully saturated rings. The number of hydrogen-bond donors (Lipinski definition) is 2. The van der Waals surface area contributed by atoms with Crippen LogP contribution in [-0.4, -0.2) is 94.5 Å². The van der Waals surface area contributed by atoms with Crippen molar-refractivity contribution in [3.63, 3.8) is 0 Å². The molecule has 1 aromatic heterocycles. The van der Waals surface area contributed by atoms with Gasteiger partial charge in [-0.05, 0) is 37.3 Å². The van der Waals surface area contributed by atoms with Crippen molar-refractivity contribution >= 4 is 29.1 Å². The summed E-state index contributed by atoms with van der Waals surface area (Å²) >= 11 is 1.32. The van der Waals surface area contributed by atoms with Gasteiger partial charge in [0, 0.05) is 42.8 Å². The van der Waals surface area contributed by atoms with Crippen LogP contribution in [0.25, 0.3) is 0 Å². The van der Waals surface area contributed by atoms with Crippen LogP contribution in [0, 0.1) is 5.92 Å². The Morgan fingerprint density at radius 1 is 1.32 bits per heavy atom. The minimum atomic E-state index is -3.15. The molecule has 4 unspecified atom stereocenters. The predicted octanol–water partition coefficient (Wildman–Crippen LogP) is 3.37. The Morgan fingerprint density at radius 3 is 2.77 bits per heavy atom. The fourth-order valence-electron chi connectivity index (χ4n) is 6.20. The molecule has 0 saturated carbocycles. The van der Waals surface area contributed by atoms with Crippen LogP contribution in [0.3, 0.4) is 0 Å². The summed E-state index contributed by atoms with van der Waals surface area (Å²) in [6.45, 7) is 4.39. The van der Waals surface area contributed by atoms with E-state index in [0.29, 0.717) is 34.1 Å². The number of carboxylic acid groups (broad SMARTS) is 1. The van der Waals surface area contributed by atoms with E-state index in [1.165, 1.54) is 16.2 Å². The van der Waals surface area contributed by atoms with Gasteiger partial charge in [-0.2, -0.15) is 0 Å². The third kappa shape index (κ3) is 5.34. The minimum absolute atomic E-state index is 0.0548. The number of fused-ring (bicyclic) bond motifs is 1. The number of carboxylic acids is 1. The zero-order valence-electron chi connectivity index (χ0n) is 22.5. The molecule has 9 nitrogen and oxygen atoms in total. The van der Waals surface area contributed by atoms with Crippen LogP contribution in [-0.2, 0) is 14.3 Å². The Bertz CT molecular complexity index is 1310.